The van der Waals surface area contributed by atoms with Crippen LogP contribution in [0.1, 0.15) is 46.5 Å². The van der Waals surface area contributed by atoms with Crippen molar-refractivity contribution in [2.75, 3.05) is 6.61 Å². The predicted molar refractivity (Wildman–Crippen MR) is 73.5 cm³/mol. The lowest BCUT2D eigenvalue weighted by molar-refractivity contribution is -0.140. The fraction of sp³-hybridized carbons (Fsp3) is 0.500. The van der Waals surface area contributed by atoms with E-state index in [9.17, 15) is 9.59 Å². The molecule has 0 fully saturated rings. The van der Waals surface area contributed by atoms with Crippen LogP contribution in [0, 0.1) is 19.8 Å². The summed E-state index contributed by atoms with van der Waals surface area (Å²) in [5.74, 6) is 0.0826. The third kappa shape index (κ3) is 2.55. The molecule has 3 heteroatoms. The molecule has 0 saturated carbocycles. The molecule has 1 unspecified atom stereocenters. The van der Waals surface area contributed by atoms with Crippen molar-refractivity contribution in [3.63, 3.8) is 0 Å². The number of carbonyl (C=O) groups excluding carboxylic acids is 2. The maximum absolute atomic E-state index is 12.2. The van der Waals surface area contributed by atoms with Gasteiger partial charge >= 0.3 is 5.97 Å². The van der Waals surface area contributed by atoms with E-state index in [1.54, 1.807) is 0 Å². The van der Waals surface area contributed by atoms with Gasteiger partial charge in [-0.25, -0.2) is 0 Å². The van der Waals surface area contributed by atoms with Crippen molar-refractivity contribution >= 4 is 11.8 Å². The highest BCUT2D eigenvalue weighted by molar-refractivity contribution is 6.03. The molecule has 1 aliphatic rings. The third-order valence-electron chi connectivity index (χ3n) is 3.89. The van der Waals surface area contributed by atoms with E-state index in [1.807, 2.05) is 13.8 Å². The summed E-state index contributed by atoms with van der Waals surface area (Å²) in [4.78, 5) is 23.0. The molecule has 0 amide bonds. The smallest absolute Gasteiger partial charge is 0.302 e. The molecule has 0 bridgehead atoms. The number of rotatable bonds is 3. The van der Waals surface area contributed by atoms with E-state index in [0.717, 1.165) is 23.1 Å². The first kappa shape index (κ1) is 13.8. The standard InChI is InChI=1S/C16H20O3/c1-9-7-13-8-10(2)16(18)15(13)11(3)14(9)5-6-19-12(4)17/h7,10H,5-6,8H2,1-4H3. The molecular formula is C16H20O3. The van der Waals surface area contributed by atoms with E-state index < -0.39 is 0 Å². The quantitative estimate of drug-likeness (QED) is 0.785. The molecule has 1 aliphatic carbocycles. The molecule has 0 N–H and O–H groups in total. The van der Waals surface area contributed by atoms with Crippen LogP contribution in [0.25, 0.3) is 0 Å². The van der Waals surface area contributed by atoms with Gasteiger partial charge in [0.25, 0.3) is 0 Å². The van der Waals surface area contributed by atoms with Crippen molar-refractivity contribution in [1.29, 1.82) is 0 Å². The van der Waals surface area contributed by atoms with Gasteiger partial charge in [-0.1, -0.05) is 13.0 Å². The lowest BCUT2D eigenvalue weighted by Crippen LogP contribution is -2.09. The van der Waals surface area contributed by atoms with Crippen LogP contribution in [0.3, 0.4) is 0 Å². The molecule has 2 rings (SSSR count). The Morgan fingerprint density at radius 2 is 2.11 bits per heavy atom. The van der Waals surface area contributed by atoms with Gasteiger partial charge in [0.1, 0.15) is 0 Å². The first-order valence-corrected chi connectivity index (χ1v) is 6.71. The second-order valence-corrected chi connectivity index (χ2v) is 5.39. The van der Waals surface area contributed by atoms with Crippen molar-refractivity contribution in [2.24, 2.45) is 5.92 Å². The summed E-state index contributed by atoms with van der Waals surface area (Å²) in [5, 5.41) is 0. The average Bonchev–Trinajstić information content (AvgIpc) is 2.59. The minimum absolute atomic E-state index is 0.0943. The number of benzene rings is 1. The zero-order valence-corrected chi connectivity index (χ0v) is 12.0. The maximum atomic E-state index is 12.2. The summed E-state index contributed by atoms with van der Waals surface area (Å²) in [7, 11) is 0. The van der Waals surface area contributed by atoms with Gasteiger partial charge in [0.05, 0.1) is 6.61 Å². The van der Waals surface area contributed by atoms with Gasteiger partial charge in [-0.15, -0.1) is 0 Å². The van der Waals surface area contributed by atoms with Gasteiger partial charge < -0.3 is 4.74 Å². The zero-order valence-electron chi connectivity index (χ0n) is 12.0. The molecule has 19 heavy (non-hydrogen) atoms. The van der Waals surface area contributed by atoms with Crippen LogP contribution < -0.4 is 0 Å². The van der Waals surface area contributed by atoms with E-state index in [-0.39, 0.29) is 17.7 Å². The maximum Gasteiger partial charge on any atom is 0.302 e. The molecule has 1 atom stereocenters. The van der Waals surface area contributed by atoms with Crippen LogP contribution in [0.4, 0.5) is 0 Å². The third-order valence-corrected chi connectivity index (χ3v) is 3.89. The van der Waals surface area contributed by atoms with Crippen LogP contribution >= 0.6 is 0 Å². The average molecular weight is 260 g/mol. The fourth-order valence-corrected chi connectivity index (χ4v) is 2.96. The number of Topliss-reactive ketones (excluding diaryl/α,β-unsaturated/α-hetero) is 1. The van der Waals surface area contributed by atoms with Crippen LogP contribution in [0.5, 0.6) is 0 Å². The molecule has 0 aliphatic heterocycles. The SMILES string of the molecule is CC(=O)OCCc1c(C)cc2c(c1C)C(=O)C(C)C2. The van der Waals surface area contributed by atoms with E-state index in [4.69, 9.17) is 4.74 Å². The van der Waals surface area contributed by atoms with Crippen molar-refractivity contribution in [3.05, 3.63) is 33.9 Å². The van der Waals surface area contributed by atoms with Gasteiger partial charge in [0.2, 0.25) is 0 Å². The van der Waals surface area contributed by atoms with E-state index in [2.05, 4.69) is 13.0 Å². The largest absolute Gasteiger partial charge is 0.466 e. The van der Waals surface area contributed by atoms with E-state index >= 15 is 0 Å². The van der Waals surface area contributed by atoms with Crippen LogP contribution in [0.2, 0.25) is 0 Å². The minimum Gasteiger partial charge on any atom is -0.466 e. The Morgan fingerprint density at radius 1 is 1.42 bits per heavy atom. The fourth-order valence-electron chi connectivity index (χ4n) is 2.96. The van der Waals surface area contributed by atoms with Gasteiger partial charge in [0.15, 0.2) is 5.78 Å². The Balaban J connectivity index is 2.31. The second kappa shape index (κ2) is 5.16. The molecular weight excluding hydrogens is 240 g/mol. The summed E-state index contributed by atoms with van der Waals surface area (Å²) in [6, 6.07) is 2.12. The van der Waals surface area contributed by atoms with Crippen LogP contribution in [-0.2, 0) is 22.4 Å². The first-order valence-electron chi connectivity index (χ1n) is 6.71. The molecule has 102 valence electrons. The minimum atomic E-state index is -0.263. The van der Waals surface area contributed by atoms with Crippen molar-refractivity contribution in [3.8, 4) is 0 Å². The van der Waals surface area contributed by atoms with Crippen LogP contribution in [0.15, 0.2) is 6.07 Å². The molecule has 1 aromatic carbocycles. The lowest BCUT2D eigenvalue weighted by atomic mass is 9.92. The normalized spacial score (nSPS) is 17.5. The topological polar surface area (TPSA) is 43.4 Å². The molecule has 1 aromatic rings. The number of ether oxygens (including phenoxy) is 1. The number of hydrogen-bond donors (Lipinski definition) is 0. The molecule has 0 spiro atoms. The molecule has 0 saturated heterocycles. The van der Waals surface area contributed by atoms with Crippen molar-refractivity contribution in [1.82, 2.24) is 0 Å². The zero-order chi connectivity index (χ0) is 14.2. The number of hydrogen-bond acceptors (Lipinski definition) is 3. The Kier molecular flexibility index (Phi) is 3.74. The van der Waals surface area contributed by atoms with Gasteiger partial charge in [-0.2, -0.15) is 0 Å². The Labute approximate surface area is 114 Å². The molecule has 0 radical (unpaired) electrons. The second-order valence-electron chi connectivity index (χ2n) is 5.39. The van der Waals surface area contributed by atoms with Gasteiger partial charge in [0, 0.05) is 24.8 Å². The van der Waals surface area contributed by atoms with E-state index in [0.29, 0.717) is 13.0 Å². The van der Waals surface area contributed by atoms with E-state index in [1.165, 1.54) is 18.1 Å². The Bertz CT molecular complexity index is 543. The highest BCUT2D eigenvalue weighted by Gasteiger charge is 2.30. The monoisotopic (exact) mass is 260 g/mol. The highest BCUT2D eigenvalue weighted by Crippen LogP contribution is 2.32. The summed E-state index contributed by atoms with van der Waals surface area (Å²) < 4.78 is 5.00. The predicted octanol–water partition coefficient (Wildman–Crippen LogP) is 2.78. The Morgan fingerprint density at radius 3 is 2.74 bits per heavy atom. The van der Waals surface area contributed by atoms with Crippen molar-refractivity contribution in [2.45, 2.75) is 40.5 Å². The lowest BCUT2D eigenvalue weighted by Gasteiger charge is -2.14. The molecule has 0 aromatic heterocycles. The number of fused-ring (bicyclic) bond motifs is 1. The number of carbonyl (C=O) groups is 2. The van der Waals surface area contributed by atoms with Gasteiger partial charge in [-0.05, 0) is 42.5 Å². The van der Waals surface area contributed by atoms with Gasteiger partial charge in [-0.3, -0.25) is 9.59 Å². The van der Waals surface area contributed by atoms with Crippen LogP contribution in [-0.4, -0.2) is 18.4 Å². The first-order chi connectivity index (χ1) is 8.91. The summed E-state index contributed by atoms with van der Waals surface area (Å²) in [5.41, 5.74) is 5.46. The number of esters is 1. The summed E-state index contributed by atoms with van der Waals surface area (Å²) in [6.07, 6.45) is 1.52. The molecule has 3 nitrogen and oxygen atoms in total. The highest BCUT2D eigenvalue weighted by atomic mass is 16.5. The summed E-state index contributed by atoms with van der Waals surface area (Å²) in [6.45, 7) is 7.83. The Hall–Kier alpha value is -1.64. The summed E-state index contributed by atoms with van der Waals surface area (Å²) >= 11 is 0. The van der Waals surface area contributed by atoms with Crippen molar-refractivity contribution < 1.29 is 14.3 Å². The number of aryl methyl sites for hydroxylation is 1. The molecule has 0 heterocycles. The number of ketones is 1.